The van der Waals surface area contributed by atoms with E-state index in [0.29, 0.717) is 19.0 Å². The van der Waals surface area contributed by atoms with Gasteiger partial charge < -0.3 is 9.64 Å². The van der Waals surface area contributed by atoms with Crippen molar-refractivity contribution in [3.05, 3.63) is 11.2 Å². The van der Waals surface area contributed by atoms with E-state index in [1.807, 2.05) is 18.7 Å². The number of anilines is 1. The van der Waals surface area contributed by atoms with Crippen LogP contribution >= 0.6 is 11.6 Å². The van der Waals surface area contributed by atoms with Crippen molar-refractivity contribution >= 4 is 27.3 Å². The first-order chi connectivity index (χ1) is 8.77. The Hall–Kier alpha value is -0.920. The quantitative estimate of drug-likeness (QED) is 0.603. The number of aromatic nitrogens is 2. The smallest absolute Gasteiger partial charge is 0.250 e. The van der Waals surface area contributed by atoms with Gasteiger partial charge in [0.2, 0.25) is 15.0 Å². The molecule has 2 rings (SSSR count). The van der Waals surface area contributed by atoms with Crippen LogP contribution in [0.1, 0.15) is 13.8 Å². The van der Waals surface area contributed by atoms with Crippen LogP contribution in [0.3, 0.4) is 0 Å². The van der Waals surface area contributed by atoms with Gasteiger partial charge in [-0.2, -0.15) is 0 Å². The summed E-state index contributed by atoms with van der Waals surface area (Å²) in [6, 6.07) is 1.68. The lowest BCUT2D eigenvalue weighted by Crippen LogP contribution is -2.47. The summed E-state index contributed by atoms with van der Waals surface area (Å²) in [6.07, 6.45) is 1.12. The van der Waals surface area contributed by atoms with Gasteiger partial charge in [0, 0.05) is 18.9 Å². The Labute approximate surface area is 117 Å². The molecule has 1 aliphatic rings. The predicted molar refractivity (Wildman–Crippen MR) is 72.4 cm³/mol. The van der Waals surface area contributed by atoms with Crippen molar-refractivity contribution in [1.82, 2.24) is 9.97 Å². The Morgan fingerprint density at radius 2 is 2.11 bits per heavy atom. The molecule has 0 spiro atoms. The lowest BCUT2D eigenvalue weighted by Gasteiger charge is -2.37. The Morgan fingerprint density at radius 3 is 2.74 bits per heavy atom. The second kappa shape index (κ2) is 5.22. The van der Waals surface area contributed by atoms with E-state index in [1.165, 1.54) is 0 Å². The summed E-state index contributed by atoms with van der Waals surface area (Å²) < 4.78 is 28.6. The largest absolute Gasteiger partial charge is 0.375 e. The van der Waals surface area contributed by atoms with Crippen molar-refractivity contribution in [2.75, 3.05) is 24.3 Å². The van der Waals surface area contributed by atoms with Gasteiger partial charge >= 0.3 is 0 Å². The van der Waals surface area contributed by atoms with Crippen LogP contribution in [-0.2, 0) is 14.6 Å². The van der Waals surface area contributed by atoms with Gasteiger partial charge in [0.25, 0.3) is 0 Å². The number of morpholine rings is 1. The molecule has 0 unspecified atom stereocenters. The van der Waals surface area contributed by atoms with Crippen molar-refractivity contribution in [3.8, 4) is 0 Å². The first-order valence-corrected chi connectivity index (χ1v) is 8.17. The maximum absolute atomic E-state index is 11.5. The van der Waals surface area contributed by atoms with Crippen LogP contribution in [0.5, 0.6) is 0 Å². The molecule has 1 saturated heterocycles. The molecule has 2 atom stereocenters. The molecule has 0 amide bonds. The van der Waals surface area contributed by atoms with E-state index >= 15 is 0 Å². The van der Waals surface area contributed by atoms with Crippen LogP contribution in [0.25, 0.3) is 0 Å². The minimum atomic E-state index is -3.48. The minimum Gasteiger partial charge on any atom is -0.375 e. The van der Waals surface area contributed by atoms with E-state index in [-0.39, 0.29) is 22.5 Å². The van der Waals surface area contributed by atoms with E-state index in [0.717, 1.165) is 6.26 Å². The highest BCUT2D eigenvalue weighted by Gasteiger charge is 2.26. The van der Waals surface area contributed by atoms with Gasteiger partial charge in [0.05, 0.1) is 18.8 Å². The molecule has 1 aromatic rings. The summed E-state index contributed by atoms with van der Waals surface area (Å²) in [4.78, 5) is 9.84. The zero-order chi connectivity index (χ0) is 14.2. The highest BCUT2D eigenvalue weighted by Crippen LogP contribution is 2.23. The Morgan fingerprint density at radius 1 is 1.42 bits per heavy atom. The number of ether oxygens (including phenoxy) is 1. The highest BCUT2D eigenvalue weighted by atomic mass is 35.5. The third-order valence-electron chi connectivity index (χ3n) is 2.89. The van der Waals surface area contributed by atoms with Crippen molar-refractivity contribution < 1.29 is 13.2 Å². The van der Waals surface area contributed by atoms with Crippen molar-refractivity contribution in [2.45, 2.75) is 31.1 Å². The van der Waals surface area contributed by atoms with Crippen molar-refractivity contribution in [2.24, 2.45) is 0 Å². The second-order valence-corrected chi connectivity index (χ2v) is 7.05. The van der Waals surface area contributed by atoms with Crippen LogP contribution in [0.15, 0.2) is 11.2 Å². The summed E-state index contributed by atoms with van der Waals surface area (Å²) in [5.41, 5.74) is 0. The van der Waals surface area contributed by atoms with E-state index in [2.05, 4.69) is 9.97 Å². The van der Waals surface area contributed by atoms with Crippen LogP contribution in [0, 0.1) is 0 Å². The molecule has 0 radical (unpaired) electrons. The number of halogens is 1. The van der Waals surface area contributed by atoms with Gasteiger partial charge in [-0.05, 0) is 13.8 Å². The van der Waals surface area contributed by atoms with Gasteiger partial charge in [-0.3, -0.25) is 0 Å². The molecule has 0 saturated carbocycles. The topological polar surface area (TPSA) is 72.4 Å². The van der Waals surface area contributed by atoms with Crippen molar-refractivity contribution in [1.29, 1.82) is 0 Å². The molecule has 0 N–H and O–H groups in total. The van der Waals surface area contributed by atoms with E-state index in [1.54, 1.807) is 6.07 Å². The minimum absolute atomic E-state index is 0.0617. The molecule has 106 valence electrons. The third-order valence-corrected chi connectivity index (χ3v) is 3.93. The lowest BCUT2D eigenvalue weighted by atomic mass is 10.2. The molecule has 8 heteroatoms. The van der Waals surface area contributed by atoms with E-state index in [9.17, 15) is 8.42 Å². The zero-order valence-electron chi connectivity index (χ0n) is 11.0. The summed E-state index contributed by atoms with van der Waals surface area (Å²) in [5, 5.41) is -0.127. The van der Waals surface area contributed by atoms with Crippen LogP contribution < -0.4 is 4.90 Å². The number of rotatable bonds is 2. The van der Waals surface area contributed by atoms with Gasteiger partial charge in [0.15, 0.2) is 0 Å². The molecule has 2 heterocycles. The predicted octanol–water partition coefficient (Wildman–Crippen LogP) is 1.15. The Balaban J connectivity index is 2.42. The molecule has 0 aromatic carbocycles. The first kappa shape index (κ1) is 14.5. The summed E-state index contributed by atoms with van der Waals surface area (Å²) in [7, 11) is -3.48. The SMILES string of the molecule is C[C@H]1CN(c2cc(Cl)nc(S(C)(=O)=O)n2)[C@@H](C)CO1. The van der Waals surface area contributed by atoms with Crippen LogP contribution in [0.2, 0.25) is 5.15 Å². The zero-order valence-corrected chi connectivity index (χ0v) is 12.6. The maximum atomic E-state index is 11.5. The van der Waals surface area contributed by atoms with Crippen LogP contribution in [0.4, 0.5) is 5.82 Å². The summed E-state index contributed by atoms with van der Waals surface area (Å²) >= 11 is 5.89. The molecule has 6 nitrogen and oxygen atoms in total. The molecule has 1 aromatic heterocycles. The Kier molecular flexibility index (Phi) is 3.98. The lowest BCUT2D eigenvalue weighted by molar-refractivity contribution is 0.0340. The average Bonchev–Trinajstić information content (AvgIpc) is 2.30. The number of nitrogens with zero attached hydrogens (tertiary/aromatic N) is 3. The monoisotopic (exact) mass is 305 g/mol. The van der Waals surface area contributed by atoms with Crippen molar-refractivity contribution in [3.63, 3.8) is 0 Å². The van der Waals surface area contributed by atoms with Gasteiger partial charge in [-0.25, -0.2) is 18.4 Å². The summed E-state index contributed by atoms with van der Waals surface area (Å²) in [5.74, 6) is 0.517. The summed E-state index contributed by atoms with van der Waals surface area (Å²) in [6.45, 7) is 5.15. The Bertz CT molecular complexity index is 579. The number of hydrogen-bond donors (Lipinski definition) is 0. The molecule has 0 aliphatic carbocycles. The van der Waals surface area contributed by atoms with Gasteiger partial charge in [-0.15, -0.1) is 0 Å². The fraction of sp³-hybridized carbons (Fsp3) is 0.636. The molecule has 0 bridgehead atoms. The first-order valence-electron chi connectivity index (χ1n) is 5.90. The molecule has 19 heavy (non-hydrogen) atoms. The fourth-order valence-electron chi connectivity index (χ4n) is 1.92. The molecule has 1 fully saturated rings. The normalized spacial score (nSPS) is 24.5. The molecular formula is C11H16ClN3O3S. The molecule has 1 aliphatic heterocycles. The number of hydrogen-bond acceptors (Lipinski definition) is 6. The fourth-order valence-corrected chi connectivity index (χ4v) is 2.67. The maximum Gasteiger partial charge on any atom is 0.250 e. The highest BCUT2D eigenvalue weighted by molar-refractivity contribution is 7.90. The number of sulfone groups is 1. The van der Waals surface area contributed by atoms with E-state index in [4.69, 9.17) is 16.3 Å². The second-order valence-electron chi connectivity index (χ2n) is 4.75. The van der Waals surface area contributed by atoms with E-state index < -0.39 is 9.84 Å². The van der Waals surface area contributed by atoms with Gasteiger partial charge in [0.1, 0.15) is 11.0 Å². The molecular weight excluding hydrogens is 290 g/mol. The van der Waals surface area contributed by atoms with Crippen LogP contribution in [-0.4, -0.2) is 49.9 Å². The average molecular weight is 306 g/mol. The van der Waals surface area contributed by atoms with Gasteiger partial charge in [-0.1, -0.05) is 11.6 Å². The standard InChI is InChI=1S/C11H16ClN3O3S/c1-7-6-18-8(2)5-15(7)10-4-9(12)13-11(14-10)19(3,16)17/h4,7-8H,5-6H2,1-3H3/t7-,8-/m0/s1. The third kappa shape index (κ3) is 3.34.